The van der Waals surface area contributed by atoms with E-state index in [0.717, 1.165) is 35.0 Å². The predicted molar refractivity (Wildman–Crippen MR) is 117 cm³/mol. The second kappa shape index (κ2) is 7.89. The topological polar surface area (TPSA) is 64.0 Å². The minimum Gasteiger partial charge on any atom is -0.325 e. The van der Waals surface area contributed by atoms with E-state index in [1.807, 2.05) is 13.0 Å². The molecule has 0 bridgehead atoms. The van der Waals surface area contributed by atoms with Crippen molar-refractivity contribution in [2.75, 3.05) is 11.1 Å². The molecule has 1 aliphatic rings. The number of carbonyl (C=O) groups excluding carboxylic acids is 1. The van der Waals surface area contributed by atoms with E-state index in [1.54, 1.807) is 35.1 Å². The van der Waals surface area contributed by atoms with Gasteiger partial charge in [-0.3, -0.25) is 14.2 Å². The number of aryl methyl sites for hydroxylation is 2. The van der Waals surface area contributed by atoms with Crippen molar-refractivity contribution < 1.29 is 4.79 Å². The first-order chi connectivity index (χ1) is 13.5. The Hall–Kier alpha value is -1.83. The van der Waals surface area contributed by atoms with Crippen LogP contribution in [-0.4, -0.2) is 21.2 Å². The summed E-state index contributed by atoms with van der Waals surface area (Å²) in [5.41, 5.74) is 2.70. The number of hydrogen-bond donors (Lipinski definition) is 1. The van der Waals surface area contributed by atoms with Gasteiger partial charge in [-0.25, -0.2) is 4.98 Å². The summed E-state index contributed by atoms with van der Waals surface area (Å²) in [4.78, 5) is 32.1. The lowest BCUT2D eigenvalue weighted by molar-refractivity contribution is -0.113. The van der Waals surface area contributed by atoms with Crippen molar-refractivity contribution in [3.05, 3.63) is 49.6 Å². The highest BCUT2D eigenvalue weighted by Crippen LogP contribution is 2.34. The summed E-state index contributed by atoms with van der Waals surface area (Å²) in [6.45, 7) is 1.86. The standard InChI is InChI=1S/C20H20ClN3O2S2/c1-11-13(21)7-5-8-14(11)22-16(25)10-27-20-23-18-17(19(26)24(20)2)12-6-3-4-9-15(12)28-18/h5,7-8H,3-4,6,9-10H2,1-2H3,(H,22,25). The molecule has 0 atom stereocenters. The van der Waals surface area contributed by atoms with Crippen molar-refractivity contribution in [1.82, 2.24) is 9.55 Å². The van der Waals surface area contributed by atoms with Crippen molar-refractivity contribution in [2.45, 2.75) is 37.8 Å². The Balaban J connectivity index is 1.55. The SMILES string of the molecule is Cc1c(Cl)cccc1NC(=O)CSc1nc2sc3c(c2c(=O)n1C)CCCC3. The molecule has 0 saturated heterocycles. The Bertz CT molecular complexity index is 1140. The van der Waals surface area contributed by atoms with Gasteiger partial charge >= 0.3 is 0 Å². The van der Waals surface area contributed by atoms with E-state index in [2.05, 4.69) is 5.32 Å². The molecule has 1 N–H and O–H groups in total. The average Bonchev–Trinajstić information content (AvgIpc) is 3.05. The molecule has 146 valence electrons. The first-order valence-corrected chi connectivity index (χ1v) is 11.3. The van der Waals surface area contributed by atoms with Crippen LogP contribution in [0.25, 0.3) is 10.2 Å². The van der Waals surface area contributed by atoms with Crippen LogP contribution in [0.3, 0.4) is 0 Å². The molecule has 3 aromatic rings. The average molecular weight is 434 g/mol. The second-order valence-electron chi connectivity index (χ2n) is 6.90. The van der Waals surface area contributed by atoms with E-state index in [4.69, 9.17) is 16.6 Å². The fourth-order valence-corrected chi connectivity index (χ4v) is 5.70. The number of anilines is 1. The van der Waals surface area contributed by atoms with Gasteiger partial charge in [0.05, 0.1) is 11.1 Å². The van der Waals surface area contributed by atoms with Crippen LogP contribution in [0.15, 0.2) is 28.2 Å². The van der Waals surface area contributed by atoms with E-state index >= 15 is 0 Å². The molecule has 0 radical (unpaired) electrons. The van der Waals surface area contributed by atoms with Crippen LogP contribution >= 0.6 is 34.7 Å². The van der Waals surface area contributed by atoms with Crippen LogP contribution in [0.5, 0.6) is 0 Å². The molecular weight excluding hydrogens is 414 g/mol. The lowest BCUT2D eigenvalue weighted by atomic mass is 9.97. The lowest BCUT2D eigenvalue weighted by Crippen LogP contribution is -2.22. The van der Waals surface area contributed by atoms with E-state index < -0.39 is 0 Å². The molecular formula is C20H20ClN3O2S2. The van der Waals surface area contributed by atoms with Crippen LogP contribution in [0, 0.1) is 6.92 Å². The Morgan fingerprint density at radius 1 is 1.36 bits per heavy atom. The first-order valence-electron chi connectivity index (χ1n) is 9.14. The van der Waals surface area contributed by atoms with E-state index in [1.165, 1.54) is 28.6 Å². The highest BCUT2D eigenvalue weighted by atomic mass is 35.5. The number of hydrogen-bond acceptors (Lipinski definition) is 5. The van der Waals surface area contributed by atoms with Crippen molar-refractivity contribution in [3.8, 4) is 0 Å². The van der Waals surface area contributed by atoms with Crippen molar-refractivity contribution in [2.24, 2.45) is 7.05 Å². The zero-order valence-corrected chi connectivity index (χ0v) is 18.1. The fraction of sp³-hybridized carbons (Fsp3) is 0.350. The van der Waals surface area contributed by atoms with E-state index in [0.29, 0.717) is 15.9 Å². The molecule has 0 aliphatic heterocycles. The molecule has 0 unspecified atom stereocenters. The second-order valence-corrected chi connectivity index (χ2v) is 9.33. The Morgan fingerprint density at radius 3 is 2.96 bits per heavy atom. The summed E-state index contributed by atoms with van der Waals surface area (Å²) >= 11 is 9.00. The number of carbonyl (C=O) groups is 1. The highest BCUT2D eigenvalue weighted by molar-refractivity contribution is 7.99. The number of aromatic nitrogens is 2. The zero-order chi connectivity index (χ0) is 19.8. The number of benzene rings is 1. The summed E-state index contributed by atoms with van der Waals surface area (Å²) in [7, 11) is 1.73. The third kappa shape index (κ3) is 3.58. The molecule has 0 spiro atoms. The fourth-order valence-electron chi connectivity index (χ4n) is 3.46. The van der Waals surface area contributed by atoms with Gasteiger partial charge in [-0.05, 0) is 55.9 Å². The molecule has 1 aliphatic carbocycles. The van der Waals surface area contributed by atoms with Crippen molar-refractivity contribution in [3.63, 3.8) is 0 Å². The third-order valence-electron chi connectivity index (χ3n) is 5.03. The van der Waals surface area contributed by atoms with Gasteiger partial charge in [0.25, 0.3) is 5.56 Å². The number of nitrogens with zero attached hydrogens (tertiary/aromatic N) is 2. The van der Waals surface area contributed by atoms with Gasteiger partial charge in [0.2, 0.25) is 5.91 Å². The Kier molecular flexibility index (Phi) is 5.49. The maximum Gasteiger partial charge on any atom is 0.262 e. The van der Waals surface area contributed by atoms with Gasteiger partial charge in [-0.2, -0.15) is 0 Å². The smallest absolute Gasteiger partial charge is 0.262 e. The molecule has 0 fully saturated rings. The van der Waals surface area contributed by atoms with E-state index in [9.17, 15) is 9.59 Å². The van der Waals surface area contributed by atoms with Crippen molar-refractivity contribution in [1.29, 1.82) is 0 Å². The number of amides is 1. The lowest BCUT2D eigenvalue weighted by Gasteiger charge is -2.11. The summed E-state index contributed by atoms with van der Waals surface area (Å²) in [5.74, 6) is 0.0122. The van der Waals surface area contributed by atoms with Gasteiger partial charge < -0.3 is 5.32 Å². The highest BCUT2D eigenvalue weighted by Gasteiger charge is 2.21. The molecule has 4 rings (SSSR count). The van der Waals surface area contributed by atoms with Crippen LogP contribution in [0.2, 0.25) is 5.02 Å². The zero-order valence-electron chi connectivity index (χ0n) is 15.7. The number of fused-ring (bicyclic) bond motifs is 3. The number of thioether (sulfide) groups is 1. The monoisotopic (exact) mass is 433 g/mol. The Morgan fingerprint density at radius 2 is 2.14 bits per heavy atom. The number of halogens is 1. The number of nitrogens with one attached hydrogen (secondary N) is 1. The minimum atomic E-state index is -0.157. The molecule has 5 nitrogen and oxygen atoms in total. The predicted octanol–water partition coefficient (Wildman–Crippen LogP) is 4.57. The summed E-state index contributed by atoms with van der Waals surface area (Å²) in [6, 6.07) is 5.41. The van der Waals surface area contributed by atoms with Crippen LogP contribution in [0.4, 0.5) is 5.69 Å². The van der Waals surface area contributed by atoms with Crippen LogP contribution in [-0.2, 0) is 24.7 Å². The summed E-state index contributed by atoms with van der Waals surface area (Å²) in [6.07, 6.45) is 4.29. The van der Waals surface area contributed by atoms with Crippen LogP contribution in [0.1, 0.15) is 28.8 Å². The molecule has 2 aromatic heterocycles. The molecule has 1 aromatic carbocycles. The molecule has 2 heterocycles. The minimum absolute atomic E-state index is 0.0157. The van der Waals surface area contributed by atoms with Crippen LogP contribution < -0.4 is 10.9 Å². The molecule has 8 heteroatoms. The van der Waals surface area contributed by atoms with Gasteiger partial charge in [0.15, 0.2) is 5.16 Å². The largest absolute Gasteiger partial charge is 0.325 e. The summed E-state index contributed by atoms with van der Waals surface area (Å²) < 4.78 is 1.56. The first kappa shape index (κ1) is 19.5. The normalized spacial score (nSPS) is 13.5. The number of rotatable bonds is 4. The third-order valence-corrected chi connectivity index (χ3v) is 7.65. The molecule has 28 heavy (non-hydrogen) atoms. The van der Waals surface area contributed by atoms with Gasteiger partial charge in [0, 0.05) is 22.6 Å². The van der Waals surface area contributed by atoms with Gasteiger partial charge in [-0.1, -0.05) is 29.4 Å². The Labute approximate surface area is 176 Å². The maximum atomic E-state index is 12.9. The quantitative estimate of drug-likeness (QED) is 0.483. The van der Waals surface area contributed by atoms with E-state index in [-0.39, 0.29) is 17.2 Å². The molecule has 1 amide bonds. The molecule has 0 saturated carbocycles. The van der Waals surface area contributed by atoms with Gasteiger partial charge in [0.1, 0.15) is 4.83 Å². The van der Waals surface area contributed by atoms with Crippen molar-refractivity contribution >= 4 is 56.5 Å². The number of thiophene rings is 1. The van der Waals surface area contributed by atoms with Gasteiger partial charge in [-0.15, -0.1) is 11.3 Å². The summed E-state index contributed by atoms with van der Waals surface area (Å²) in [5, 5.41) is 4.82. The maximum absolute atomic E-state index is 12.9.